The van der Waals surface area contributed by atoms with Crippen LogP contribution in [0, 0.1) is 6.92 Å². The van der Waals surface area contributed by atoms with Crippen molar-refractivity contribution >= 4 is 0 Å². The fourth-order valence-corrected chi connectivity index (χ4v) is 1.66. The third kappa shape index (κ3) is 3.33. The minimum Gasteiger partial charge on any atom is -0.489 e. The number of aryl methyl sites for hydroxylation is 1. The Morgan fingerprint density at radius 1 is 1.00 bits per heavy atom. The monoisotopic (exact) mass is 228 g/mol. The van der Waals surface area contributed by atoms with Crippen molar-refractivity contribution in [2.45, 2.75) is 20.1 Å². The molecule has 0 aromatic heterocycles. The number of aliphatic hydroxyl groups excluding tert-OH is 1. The summed E-state index contributed by atoms with van der Waals surface area (Å²) < 4.78 is 5.66. The average Bonchev–Trinajstić information content (AvgIpc) is 2.37. The molecule has 0 amide bonds. The fourth-order valence-electron chi connectivity index (χ4n) is 1.66. The van der Waals surface area contributed by atoms with E-state index in [4.69, 9.17) is 9.84 Å². The molecule has 0 spiro atoms. The summed E-state index contributed by atoms with van der Waals surface area (Å²) in [4.78, 5) is 0. The molecule has 2 heteroatoms. The van der Waals surface area contributed by atoms with Gasteiger partial charge in [0.2, 0.25) is 0 Å². The van der Waals surface area contributed by atoms with Crippen LogP contribution in [0.15, 0.2) is 48.5 Å². The SMILES string of the molecule is Cc1cccc(COc2ccc(CO)cc2)c1. The van der Waals surface area contributed by atoms with Crippen molar-refractivity contribution in [1.82, 2.24) is 0 Å². The Kier molecular flexibility index (Phi) is 3.78. The Balaban J connectivity index is 1.97. The van der Waals surface area contributed by atoms with Crippen LogP contribution in [0.4, 0.5) is 0 Å². The molecule has 0 fully saturated rings. The highest BCUT2D eigenvalue weighted by atomic mass is 16.5. The van der Waals surface area contributed by atoms with E-state index < -0.39 is 0 Å². The Hall–Kier alpha value is -1.80. The molecular weight excluding hydrogens is 212 g/mol. The largest absolute Gasteiger partial charge is 0.489 e. The van der Waals surface area contributed by atoms with Gasteiger partial charge in [0.1, 0.15) is 12.4 Å². The van der Waals surface area contributed by atoms with E-state index in [9.17, 15) is 0 Å². The van der Waals surface area contributed by atoms with Gasteiger partial charge in [-0.15, -0.1) is 0 Å². The van der Waals surface area contributed by atoms with Crippen LogP contribution < -0.4 is 4.74 Å². The second kappa shape index (κ2) is 5.51. The maximum Gasteiger partial charge on any atom is 0.119 e. The summed E-state index contributed by atoms with van der Waals surface area (Å²) in [5.74, 6) is 0.823. The highest BCUT2D eigenvalue weighted by Gasteiger charge is 1.97. The molecule has 0 saturated carbocycles. The highest BCUT2D eigenvalue weighted by molar-refractivity contribution is 5.28. The quantitative estimate of drug-likeness (QED) is 0.871. The minimum atomic E-state index is 0.0676. The summed E-state index contributed by atoms with van der Waals surface area (Å²) in [5, 5.41) is 8.93. The molecule has 0 radical (unpaired) electrons. The van der Waals surface area contributed by atoms with Gasteiger partial charge in [0.05, 0.1) is 6.61 Å². The van der Waals surface area contributed by atoms with Gasteiger partial charge in [0, 0.05) is 0 Å². The van der Waals surface area contributed by atoms with E-state index in [0.29, 0.717) is 6.61 Å². The lowest BCUT2D eigenvalue weighted by atomic mass is 10.1. The Labute approximate surface area is 101 Å². The molecule has 88 valence electrons. The van der Waals surface area contributed by atoms with Crippen LogP contribution in [0.2, 0.25) is 0 Å². The predicted octanol–water partition coefficient (Wildman–Crippen LogP) is 3.07. The number of hydrogen-bond donors (Lipinski definition) is 1. The molecule has 0 aliphatic rings. The van der Waals surface area contributed by atoms with E-state index in [1.165, 1.54) is 5.56 Å². The Morgan fingerprint density at radius 2 is 1.76 bits per heavy atom. The minimum absolute atomic E-state index is 0.0676. The molecule has 2 aromatic carbocycles. The first-order valence-electron chi connectivity index (χ1n) is 5.66. The van der Waals surface area contributed by atoms with Gasteiger partial charge in [0.15, 0.2) is 0 Å². The summed E-state index contributed by atoms with van der Waals surface area (Å²) in [6.45, 7) is 2.71. The maximum atomic E-state index is 8.93. The van der Waals surface area contributed by atoms with Gasteiger partial charge in [-0.2, -0.15) is 0 Å². The molecule has 0 heterocycles. The van der Waals surface area contributed by atoms with Crippen molar-refractivity contribution in [3.63, 3.8) is 0 Å². The second-order valence-electron chi connectivity index (χ2n) is 4.08. The van der Waals surface area contributed by atoms with E-state index in [1.807, 2.05) is 30.3 Å². The topological polar surface area (TPSA) is 29.5 Å². The summed E-state index contributed by atoms with van der Waals surface area (Å²) in [6, 6.07) is 15.7. The molecule has 0 unspecified atom stereocenters. The molecule has 0 saturated heterocycles. The van der Waals surface area contributed by atoms with Crippen molar-refractivity contribution < 1.29 is 9.84 Å². The first-order chi connectivity index (χ1) is 8.28. The summed E-state index contributed by atoms with van der Waals surface area (Å²) >= 11 is 0. The summed E-state index contributed by atoms with van der Waals surface area (Å²) in [5.41, 5.74) is 3.30. The van der Waals surface area contributed by atoms with Gasteiger partial charge in [-0.05, 0) is 30.2 Å². The average molecular weight is 228 g/mol. The Morgan fingerprint density at radius 3 is 2.41 bits per heavy atom. The standard InChI is InChI=1S/C15H16O2/c1-12-3-2-4-14(9-12)11-17-15-7-5-13(10-16)6-8-15/h2-9,16H,10-11H2,1H3. The molecule has 2 aromatic rings. The van der Waals surface area contributed by atoms with Crippen LogP contribution in [0.25, 0.3) is 0 Å². The van der Waals surface area contributed by atoms with Crippen LogP contribution in [0.1, 0.15) is 16.7 Å². The Bertz CT molecular complexity index is 475. The lowest BCUT2D eigenvalue weighted by Gasteiger charge is -2.07. The summed E-state index contributed by atoms with van der Waals surface area (Å²) in [6.07, 6.45) is 0. The van der Waals surface area contributed by atoms with E-state index >= 15 is 0 Å². The first kappa shape index (κ1) is 11.7. The molecule has 17 heavy (non-hydrogen) atoms. The van der Waals surface area contributed by atoms with Gasteiger partial charge < -0.3 is 9.84 Å². The molecular formula is C15H16O2. The van der Waals surface area contributed by atoms with Gasteiger partial charge in [-0.25, -0.2) is 0 Å². The molecule has 2 rings (SSSR count). The maximum absolute atomic E-state index is 8.93. The fraction of sp³-hybridized carbons (Fsp3) is 0.200. The number of rotatable bonds is 4. The lowest BCUT2D eigenvalue weighted by Crippen LogP contribution is -1.95. The third-order valence-corrected chi connectivity index (χ3v) is 2.59. The van der Waals surface area contributed by atoms with Crippen molar-refractivity contribution in [1.29, 1.82) is 0 Å². The smallest absolute Gasteiger partial charge is 0.119 e. The van der Waals surface area contributed by atoms with Crippen molar-refractivity contribution in [2.24, 2.45) is 0 Å². The van der Waals surface area contributed by atoms with Crippen LogP contribution in [-0.2, 0) is 13.2 Å². The zero-order valence-corrected chi connectivity index (χ0v) is 9.89. The van der Waals surface area contributed by atoms with E-state index in [2.05, 4.69) is 25.1 Å². The number of ether oxygens (including phenoxy) is 1. The van der Waals surface area contributed by atoms with Crippen molar-refractivity contribution in [3.8, 4) is 5.75 Å². The van der Waals surface area contributed by atoms with Crippen LogP contribution >= 0.6 is 0 Å². The van der Waals surface area contributed by atoms with Gasteiger partial charge in [0.25, 0.3) is 0 Å². The molecule has 0 aliphatic carbocycles. The normalized spacial score (nSPS) is 10.2. The molecule has 0 atom stereocenters. The third-order valence-electron chi connectivity index (χ3n) is 2.59. The molecule has 0 bridgehead atoms. The first-order valence-corrected chi connectivity index (χ1v) is 5.66. The number of benzene rings is 2. The highest BCUT2D eigenvalue weighted by Crippen LogP contribution is 2.14. The van der Waals surface area contributed by atoms with Gasteiger partial charge in [-0.1, -0.05) is 42.0 Å². The number of hydrogen-bond acceptors (Lipinski definition) is 2. The van der Waals surface area contributed by atoms with Crippen LogP contribution in [0.5, 0.6) is 5.75 Å². The summed E-state index contributed by atoms with van der Waals surface area (Å²) in [7, 11) is 0. The number of aliphatic hydroxyl groups is 1. The molecule has 0 aliphatic heterocycles. The van der Waals surface area contributed by atoms with Crippen molar-refractivity contribution in [2.75, 3.05) is 0 Å². The predicted molar refractivity (Wildman–Crippen MR) is 67.9 cm³/mol. The van der Waals surface area contributed by atoms with Crippen LogP contribution in [-0.4, -0.2) is 5.11 Å². The van der Waals surface area contributed by atoms with Gasteiger partial charge >= 0.3 is 0 Å². The lowest BCUT2D eigenvalue weighted by molar-refractivity contribution is 0.280. The van der Waals surface area contributed by atoms with E-state index in [-0.39, 0.29) is 6.61 Å². The van der Waals surface area contributed by atoms with Crippen molar-refractivity contribution in [3.05, 3.63) is 65.2 Å². The van der Waals surface area contributed by atoms with Crippen LogP contribution in [0.3, 0.4) is 0 Å². The van der Waals surface area contributed by atoms with Gasteiger partial charge in [-0.3, -0.25) is 0 Å². The molecule has 2 nitrogen and oxygen atoms in total. The van der Waals surface area contributed by atoms with E-state index in [1.54, 1.807) is 0 Å². The van der Waals surface area contributed by atoms with E-state index in [0.717, 1.165) is 16.9 Å². The zero-order chi connectivity index (χ0) is 12.1. The zero-order valence-electron chi connectivity index (χ0n) is 9.89. The second-order valence-corrected chi connectivity index (χ2v) is 4.08. The molecule has 1 N–H and O–H groups in total.